The van der Waals surface area contributed by atoms with E-state index < -0.39 is 0 Å². The smallest absolute Gasteiger partial charge is 0.277 e. The molecule has 0 aromatic heterocycles. The van der Waals surface area contributed by atoms with E-state index in [1.807, 2.05) is 26.0 Å². The Kier molecular flexibility index (Phi) is 6.35. The molecule has 6 heteroatoms. The van der Waals surface area contributed by atoms with Crippen LogP contribution in [0.2, 0.25) is 0 Å². The standard InChI is InChI=1S/C12H14Br2N2O2/c1-3-8(2)15-16-12(17)7-18-11-5-4-9(13)6-10(11)14/h4-6H,3,7H2,1-2H3,(H,16,17)/b15-8+. The third-order valence-corrected chi connectivity index (χ3v) is 3.25. The fourth-order valence-electron chi connectivity index (χ4n) is 1.00. The highest BCUT2D eigenvalue weighted by Gasteiger charge is 2.05. The number of carbonyl (C=O) groups is 1. The maximum absolute atomic E-state index is 11.4. The van der Waals surface area contributed by atoms with Gasteiger partial charge in [-0.05, 0) is 47.5 Å². The Balaban J connectivity index is 2.47. The van der Waals surface area contributed by atoms with Gasteiger partial charge in [0.05, 0.1) is 4.47 Å². The summed E-state index contributed by atoms with van der Waals surface area (Å²) in [6.45, 7) is 3.76. The number of nitrogens with zero attached hydrogens (tertiary/aromatic N) is 1. The Hall–Kier alpha value is -0.880. The van der Waals surface area contributed by atoms with Crippen molar-refractivity contribution in [3.05, 3.63) is 27.1 Å². The van der Waals surface area contributed by atoms with Gasteiger partial charge in [0.2, 0.25) is 0 Å². The summed E-state index contributed by atoms with van der Waals surface area (Å²) in [5.74, 6) is 0.335. The second kappa shape index (κ2) is 7.53. The molecule has 1 rings (SSSR count). The normalized spacial score (nSPS) is 11.2. The van der Waals surface area contributed by atoms with E-state index in [1.54, 1.807) is 6.07 Å². The van der Waals surface area contributed by atoms with Crippen LogP contribution in [0.1, 0.15) is 20.3 Å². The molecule has 0 aliphatic heterocycles. The summed E-state index contributed by atoms with van der Waals surface area (Å²) in [5, 5.41) is 3.91. The molecule has 0 atom stereocenters. The first-order chi connectivity index (χ1) is 8.52. The minimum Gasteiger partial charge on any atom is -0.483 e. The first-order valence-electron chi connectivity index (χ1n) is 5.42. The van der Waals surface area contributed by atoms with E-state index in [0.29, 0.717) is 5.75 Å². The molecule has 0 aliphatic rings. The molecule has 0 radical (unpaired) electrons. The van der Waals surface area contributed by atoms with Gasteiger partial charge in [0.15, 0.2) is 6.61 Å². The predicted octanol–water partition coefficient (Wildman–Crippen LogP) is 3.49. The van der Waals surface area contributed by atoms with Crippen LogP contribution in [0.15, 0.2) is 32.2 Å². The molecule has 0 spiro atoms. The first kappa shape index (κ1) is 15.2. The van der Waals surface area contributed by atoms with Crippen LogP contribution >= 0.6 is 31.9 Å². The van der Waals surface area contributed by atoms with Crippen LogP contribution in [0.5, 0.6) is 5.75 Å². The summed E-state index contributed by atoms with van der Waals surface area (Å²) in [6, 6.07) is 5.48. The topological polar surface area (TPSA) is 50.7 Å². The molecule has 0 saturated heterocycles. The number of amides is 1. The van der Waals surface area contributed by atoms with Crippen molar-refractivity contribution in [1.29, 1.82) is 0 Å². The van der Waals surface area contributed by atoms with Crippen LogP contribution < -0.4 is 10.2 Å². The van der Waals surface area contributed by atoms with Gasteiger partial charge < -0.3 is 4.74 Å². The Morgan fingerprint density at radius 2 is 2.17 bits per heavy atom. The first-order valence-corrected chi connectivity index (χ1v) is 7.01. The summed E-state index contributed by atoms with van der Waals surface area (Å²) in [6.07, 6.45) is 0.805. The molecule has 0 heterocycles. The Morgan fingerprint density at radius 1 is 1.44 bits per heavy atom. The summed E-state index contributed by atoms with van der Waals surface area (Å²) >= 11 is 6.70. The Morgan fingerprint density at radius 3 is 2.78 bits per heavy atom. The lowest BCUT2D eigenvalue weighted by Crippen LogP contribution is -2.25. The van der Waals surface area contributed by atoms with Gasteiger partial charge in [-0.3, -0.25) is 4.79 Å². The molecular weight excluding hydrogens is 364 g/mol. The van der Waals surface area contributed by atoms with Crippen molar-refractivity contribution in [1.82, 2.24) is 5.43 Å². The molecule has 0 saturated carbocycles. The number of rotatable bonds is 5. The number of nitrogens with one attached hydrogen (secondary N) is 1. The number of hydrogen-bond donors (Lipinski definition) is 1. The van der Waals surface area contributed by atoms with Crippen molar-refractivity contribution in [3.63, 3.8) is 0 Å². The summed E-state index contributed by atoms with van der Waals surface area (Å²) in [4.78, 5) is 11.4. The quantitative estimate of drug-likeness (QED) is 0.630. The Bertz CT molecular complexity index is 461. The van der Waals surface area contributed by atoms with Crippen molar-refractivity contribution in [2.45, 2.75) is 20.3 Å². The van der Waals surface area contributed by atoms with E-state index in [9.17, 15) is 4.79 Å². The second-order valence-corrected chi connectivity index (χ2v) is 5.37. The third kappa shape index (κ3) is 5.18. The number of hydrogen-bond acceptors (Lipinski definition) is 3. The Labute approximate surface area is 123 Å². The van der Waals surface area contributed by atoms with Gasteiger partial charge in [0, 0.05) is 10.2 Å². The molecule has 1 N–H and O–H groups in total. The number of carbonyl (C=O) groups excluding carboxylic acids is 1. The summed E-state index contributed by atoms with van der Waals surface area (Å²) in [5.41, 5.74) is 3.30. The van der Waals surface area contributed by atoms with Crippen LogP contribution in [0.3, 0.4) is 0 Å². The average molecular weight is 378 g/mol. The predicted molar refractivity (Wildman–Crippen MR) is 78.9 cm³/mol. The zero-order valence-electron chi connectivity index (χ0n) is 10.2. The maximum Gasteiger partial charge on any atom is 0.277 e. The zero-order chi connectivity index (χ0) is 13.5. The van der Waals surface area contributed by atoms with Crippen molar-refractivity contribution in [3.8, 4) is 5.75 Å². The van der Waals surface area contributed by atoms with E-state index in [-0.39, 0.29) is 12.5 Å². The minimum atomic E-state index is -0.280. The van der Waals surface area contributed by atoms with E-state index in [4.69, 9.17) is 4.74 Å². The number of benzene rings is 1. The molecule has 0 aliphatic carbocycles. The molecule has 1 aromatic carbocycles. The van der Waals surface area contributed by atoms with Crippen LogP contribution in [0, 0.1) is 0 Å². The maximum atomic E-state index is 11.4. The molecule has 0 fully saturated rings. The van der Waals surface area contributed by atoms with Gasteiger partial charge in [-0.1, -0.05) is 22.9 Å². The number of hydrazone groups is 1. The number of halogens is 2. The van der Waals surface area contributed by atoms with Crippen molar-refractivity contribution < 1.29 is 9.53 Å². The van der Waals surface area contributed by atoms with Crippen molar-refractivity contribution >= 4 is 43.5 Å². The van der Waals surface area contributed by atoms with Gasteiger partial charge in [-0.15, -0.1) is 0 Å². The highest BCUT2D eigenvalue weighted by atomic mass is 79.9. The van der Waals surface area contributed by atoms with Crippen LogP contribution in [0.25, 0.3) is 0 Å². The molecular formula is C12H14Br2N2O2. The zero-order valence-corrected chi connectivity index (χ0v) is 13.3. The molecule has 18 heavy (non-hydrogen) atoms. The van der Waals surface area contributed by atoms with Crippen molar-refractivity contribution in [2.24, 2.45) is 5.10 Å². The van der Waals surface area contributed by atoms with Crippen molar-refractivity contribution in [2.75, 3.05) is 6.61 Å². The van der Waals surface area contributed by atoms with Crippen LogP contribution in [-0.4, -0.2) is 18.2 Å². The van der Waals surface area contributed by atoms with Gasteiger partial charge >= 0.3 is 0 Å². The fraction of sp³-hybridized carbons (Fsp3) is 0.333. The van der Waals surface area contributed by atoms with E-state index >= 15 is 0 Å². The van der Waals surface area contributed by atoms with E-state index in [2.05, 4.69) is 42.4 Å². The van der Waals surface area contributed by atoms with Gasteiger partial charge in [0.25, 0.3) is 5.91 Å². The highest BCUT2D eigenvalue weighted by molar-refractivity contribution is 9.11. The fourth-order valence-corrected chi connectivity index (χ4v) is 2.17. The highest BCUT2D eigenvalue weighted by Crippen LogP contribution is 2.27. The lowest BCUT2D eigenvalue weighted by Gasteiger charge is -2.07. The monoisotopic (exact) mass is 376 g/mol. The molecule has 0 unspecified atom stereocenters. The lowest BCUT2D eigenvalue weighted by atomic mass is 10.3. The van der Waals surface area contributed by atoms with Crippen LogP contribution in [0.4, 0.5) is 0 Å². The molecule has 0 bridgehead atoms. The van der Waals surface area contributed by atoms with Crippen LogP contribution in [-0.2, 0) is 4.79 Å². The summed E-state index contributed by atoms with van der Waals surface area (Å²) in [7, 11) is 0. The van der Waals surface area contributed by atoms with E-state index in [1.165, 1.54) is 0 Å². The van der Waals surface area contributed by atoms with Gasteiger partial charge in [-0.25, -0.2) is 5.43 Å². The molecule has 1 amide bonds. The number of ether oxygens (including phenoxy) is 1. The molecule has 1 aromatic rings. The summed E-state index contributed by atoms with van der Waals surface area (Å²) < 4.78 is 7.10. The third-order valence-electron chi connectivity index (χ3n) is 2.14. The second-order valence-electron chi connectivity index (χ2n) is 3.60. The minimum absolute atomic E-state index is 0.0687. The van der Waals surface area contributed by atoms with Gasteiger partial charge in [-0.2, -0.15) is 5.10 Å². The largest absolute Gasteiger partial charge is 0.483 e. The lowest BCUT2D eigenvalue weighted by molar-refractivity contribution is -0.123. The van der Waals surface area contributed by atoms with Gasteiger partial charge in [0.1, 0.15) is 5.75 Å². The molecule has 4 nitrogen and oxygen atoms in total. The molecule has 98 valence electrons. The van der Waals surface area contributed by atoms with E-state index in [0.717, 1.165) is 21.1 Å². The SMILES string of the molecule is CC/C(C)=N/NC(=O)COc1ccc(Br)cc1Br. The average Bonchev–Trinajstić information content (AvgIpc) is 2.34.